The maximum atomic E-state index is 5.80. The fourth-order valence-corrected chi connectivity index (χ4v) is 4.26. The Morgan fingerprint density at radius 3 is 3.06 bits per heavy atom. The Kier molecular flexibility index (Phi) is 5.03. The summed E-state index contributed by atoms with van der Waals surface area (Å²) in [5.74, 6) is 0.652. The summed E-state index contributed by atoms with van der Waals surface area (Å²) >= 11 is 5.45. The largest absolute Gasteiger partial charge is 0.378 e. The summed E-state index contributed by atoms with van der Waals surface area (Å²) in [6.07, 6.45) is 3.84. The van der Waals surface area contributed by atoms with Gasteiger partial charge in [0, 0.05) is 27.9 Å². The van der Waals surface area contributed by atoms with Gasteiger partial charge < -0.3 is 10.1 Å². The van der Waals surface area contributed by atoms with Crippen molar-refractivity contribution in [2.24, 2.45) is 5.92 Å². The Morgan fingerprint density at radius 2 is 2.47 bits per heavy atom. The Labute approximate surface area is 116 Å². The summed E-state index contributed by atoms with van der Waals surface area (Å²) in [6.45, 7) is 3.14. The van der Waals surface area contributed by atoms with Gasteiger partial charge in [-0.15, -0.1) is 11.3 Å². The highest BCUT2D eigenvalue weighted by atomic mass is 79.9. The third-order valence-electron chi connectivity index (χ3n) is 3.65. The highest BCUT2D eigenvalue weighted by Crippen LogP contribution is 2.31. The summed E-state index contributed by atoms with van der Waals surface area (Å²) in [5.41, 5.74) is 0. The molecule has 1 N–H and O–H groups in total. The first-order valence-corrected chi connectivity index (χ1v) is 7.94. The van der Waals surface area contributed by atoms with E-state index in [9.17, 15) is 0 Å². The lowest BCUT2D eigenvalue weighted by Crippen LogP contribution is -2.39. The summed E-state index contributed by atoms with van der Waals surface area (Å²) in [5, 5.41) is 5.63. The van der Waals surface area contributed by atoms with Crippen LogP contribution in [0.3, 0.4) is 0 Å². The van der Waals surface area contributed by atoms with Crippen LogP contribution in [0.1, 0.15) is 24.6 Å². The number of halogens is 1. The monoisotopic (exact) mass is 317 g/mol. The number of hydrogen-bond acceptors (Lipinski definition) is 3. The number of ether oxygens (including phenoxy) is 1. The van der Waals surface area contributed by atoms with Gasteiger partial charge in [0.15, 0.2) is 0 Å². The molecule has 3 unspecified atom stereocenters. The van der Waals surface area contributed by atoms with E-state index >= 15 is 0 Å². The van der Waals surface area contributed by atoms with Gasteiger partial charge in [0.05, 0.1) is 6.10 Å². The second-order valence-corrected chi connectivity index (χ2v) is 6.42. The first-order valence-electron chi connectivity index (χ1n) is 6.27. The third-order valence-corrected chi connectivity index (χ3v) is 5.60. The molecule has 17 heavy (non-hydrogen) atoms. The van der Waals surface area contributed by atoms with E-state index < -0.39 is 0 Å². The Bertz CT molecular complexity index is 355. The molecule has 0 aliphatic carbocycles. The highest BCUT2D eigenvalue weighted by molar-refractivity contribution is 9.10. The van der Waals surface area contributed by atoms with Crippen LogP contribution in [0.4, 0.5) is 0 Å². The number of likely N-dealkylation sites (N-methyl/N-ethyl adjacent to an activating group) is 1. The molecule has 2 heterocycles. The van der Waals surface area contributed by atoms with Crippen molar-refractivity contribution < 1.29 is 4.74 Å². The van der Waals surface area contributed by atoms with Crippen molar-refractivity contribution in [3.8, 4) is 0 Å². The molecule has 2 nitrogen and oxygen atoms in total. The summed E-state index contributed by atoms with van der Waals surface area (Å²) in [7, 11) is 2.07. The van der Waals surface area contributed by atoms with Gasteiger partial charge in [-0.05, 0) is 53.7 Å². The molecule has 1 aromatic heterocycles. The van der Waals surface area contributed by atoms with Crippen molar-refractivity contribution >= 4 is 27.3 Å². The first kappa shape index (κ1) is 13.5. The molecular formula is C13H20BrNOS. The van der Waals surface area contributed by atoms with Crippen LogP contribution in [0, 0.1) is 5.92 Å². The maximum absolute atomic E-state index is 5.80. The molecule has 2 rings (SSSR count). The van der Waals surface area contributed by atoms with Gasteiger partial charge in [-0.3, -0.25) is 0 Å². The number of rotatable bonds is 5. The van der Waals surface area contributed by atoms with E-state index in [0.717, 1.165) is 19.4 Å². The van der Waals surface area contributed by atoms with Gasteiger partial charge >= 0.3 is 0 Å². The third kappa shape index (κ3) is 3.11. The van der Waals surface area contributed by atoms with Gasteiger partial charge in [0.2, 0.25) is 0 Å². The van der Waals surface area contributed by atoms with E-state index in [1.165, 1.54) is 15.8 Å². The zero-order chi connectivity index (χ0) is 12.3. The van der Waals surface area contributed by atoms with E-state index in [2.05, 4.69) is 46.7 Å². The molecule has 0 aromatic carbocycles. The molecule has 0 spiro atoms. The van der Waals surface area contributed by atoms with Crippen LogP contribution in [0.15, 0.2) is 15.9 Å². The molecule has 0 amide bonds. The van der Waals surface area contributed by atoms with Gasteiger partial charge in [-0.25, -0.2) is 0 Å². The molecule has 1 saturated heterocycles. The van der Waals surface area contributed by atoms with E-state index in [4.69, 9.17) is 4.74 Å². The number of thiophene rings is 1. The lowest BCUT2D eigenvalue weighted by Gasteiger charge is -2.26. The highest BCUT2D eigenvalue weighted by Gasteiger charge is 2.33. The van der Waals surface area contributed by atoms with Crippen LogP contribution in [0.5, 0.6) is 0 Å². The smallest absolute Gasteiger partial charge is 0.0616 e. The summed E-state index contributed by atoms with van der Waals surface area (Å²) in [6, 6.07) is 2.66. The maximum Gasteiger partial charge on any atom is 0.0616 e. The van der Waals surface area contributed by atoms with Gasteiger partial charge in [0.1, 0.15) is 0 Å². The van der Waals surface area contributed by atoms with Gasteiger partial charge in [-0.1, -0.05) is 6.92 Å². The van der Waals surface area contributed by atoms with Crippen molar-refractivity contribution in [1.29, 1.82) is 0 Å². The second-order valence-electron chi connectivity index (χ2n) is 4.56. The van der Waals surface area contributed by atoms with Crippen molar-refractivity contribution in [1.82, 2.24) is 5.32 Å². The van der Waals surface area contributed by atoms with E-state index in [1.807, 2.05) is 11.3 Å². The lowest BCUT2D eigenvalue weighted by molar-refractivity contribution is 0.0784. The minimum absolute atomic E-state index is 0.436. The van der Waals surface area contributed by atoms with E-state index in [1.54, 1.807) is 0 Å². The number of hydrogen-bond donors (Lipinski definition) is 1. The van der Waals surface area contributed by atoms with Crippen LogP contribution in [-0.2, 0) is 11.2 Å². The second kappa shape index (κ2) is 6.32. The minimum atomic E-state index is 0.436. The first-order chi connectivity index (χ1) is 8.26. The standard InChI is InChI=1S/C13H20BrNOS/c1-3-12-9(4-6-16-12)11(15-2)8-13-10(14)5-7-17-13/h5,7,9,11-12,15H,3-4,6,8H2,1-2H3. The zero-order valence-corrected chi connectivity index (χ0v) is 12.8. The Balaban J connectivity index is 2.03. The van der Waals surface area contributed by atoms with E-state index in [-0.39, 0.29) is 0 Å². The van der Waals surface area contributed by atoms with Crippen molar-refractivity contribution in [2.45, 2.75) is 38.3 Å². The van der Waals surface area contributed by atoms with Crippen LogP contribution < -0.4 is 5.32 Å². The molecule has 0 radical (unpaired) electrons. The SMILES string of the molecule is CCC1OCCC1C(Cc1sccc1Br)NC. The van der Waals surface area contributed by atoms with Crippen molar-refractivity contribution in [3.05, 3.63) is 20.8 Å². The van der Waals surface area contributed by atoms with Gasteiger partial charge in [-0.2, -0.15) is 0 Å². The molecule has 96 valence electrons. The molecule has 1 fully saturated rings. The average Bonchev–Trinajstić information content (AvgIpc) is 2.95. The summed E-state index contributed by atoms with van der Waals surface area (Å²) in [4.78, 5) is 1.44. The fraction of sp³-hybridized carbons (Fsp3) is 0.692. The van der Waals surface area contributed by atoms with Gasteiger partial charge in [0.25, 0.3) is 0 Å². The average molecular weight is 318 g/mol. The molecule has 3 atom stereocenters. The molecule has 1 aliphatic rings. The minimum Gasteiger partial charge on any atom is -0.378 e. The lowest BCUT2D eigenvalue weighted by atomic mass is 9.89. The van der Waals surface area contributed by atoms with Crippen LogP contribution in [0.2, 0.25) is 0 Å². The number of nitrogens with one attached hydrogen (secondary N) is 1. The fourth-order valence-electron chi connectivity index (χ4n) is 2.68. The van der Waals surface area contributed by atoms with Crippen molar-refractivity contribution in [2.75, 3.05) is 13.7 Å². The molecule has 1 aliphatic heterocycles. The molecule has 0 saturated carbocycles. The van der Waals surface area contributed by atoms with E-state index in [0.29, 0.717) is 18.1 Å². The Morgan fingerprint density at radius 1 is 1.65 bits per heavy atom. The van der Waals surface area contributed by atoms with Crippen LogP contribution in [0.25, 0.3) is 0 Å². The van der Waals surface area contributed by atoms with Crippen LogP contribution >= 0.6 is 27.3 Å². The molecule has 0 bridgehead atoms. The molecular weight excluding hydrogens is 298 g/mol. The van der Waals surface area contributed by atoms with Crippen molar-refractivity contribution in [3.63, 3.8) is 0 Å². The molecule has 4 heteroatoms. The Hall–Kier alpha value is 0.1000. The summed E-state index contributed by atoms with van der Waals surface area (Å²) < 4.78 is 7.04. The zero-order valence-electron chi connectivity index (χ0n) is 10.4. The predicted octanol–water partition coefficient (Wildman–Crippen LogP) is 3.46. The normalized spacial score (nSPS) is 26.3. The van der Waals surface area contributed by atoms with Crippen LogP contribution in [-0.4, -0.2) is 25.8 Å². The predicted molar refractivity (Wildman–Crippen MR) is 76.7 cm³/mol. The topological polar surface area (TPSA) is 21.3 Å². The molecule has 1 aromatic rings. The quantitative estimate of drug-likeness (QED) is 0.898.